The highest BCUT2D eigenvalue weighted by Gasteiger charge is 2.28. The molecule has 2 aliphatic heterocycles. The summed E-state index contributed by atoms with van der Waals surface area (Å²) in [5, 5.41) is 0. The second kappa shape index (κ2) is 7.77. The molecule has 2 N–H and O–H groups in total. The van der Waals surface area contributed by atoms with E-state index in [0.717, 1.165) is 44.6 Å². The summed E-state index contributed by atoms with van der Waals surface area (Å²) in [7, 11) is 0. The van der Waals surface area contributed by atoms with Crippen molar-refractivity contribution in [1.29, 1.82) is 0 Å². The Bertz CT molecular complexity index is 564. The van der Waals surface area contributed by atoms with Crippen molar-refractivity contribution in [2.45, 2.75) is 18.9 Å². The van der Waals surface area contributed by atoms with E-state index in [9.17, 15) is 9.59 Å². The van der Waals surface area contributed by atoms with Crippen LogP contribution in [0.15, 0.2) is 30.3 Å². The summed E-state index contributed by atoms with van der Waals surface area (Å²) in [6.45, 7) is 4.97. The molecule has 2 fully saturated rings. The zero-order chi connectivity index (χ0) is 16.9. The van der Waals surface area contributed by atoms with Crippen LogP contribution in [0.1, 0.15) is 24.4 Å². The van der Waals surface area contributed by atoms with Gasteiger partial charge in [-0.2, -0.15) is 0 Å². The van der Waals surface area contributed by atoms with Crippen LogP contribution in [0.5, 0.6) is 0 Å². The quantitative estimate of drug-likeness (QED) is 0.870. The zero-order valence-electron chi connectivity index (χ0n) is 14.1. The van der Waals surface area contributed by atoms with E-state index in [2.05, 4.69) is 4.90 Å². The van der Waals surface area contributed by atoms with Crippen LogP contribution in [0.2, 0.25) is 0 Å². The van der Waals surface area contributed by atoms with Gasteiger partial charge < -0.3 is 15.5 Å². The molecule has 6 nitrogen and oxygen atoms in total. The van der Waals surface area contributed by atoms with Crippen LogP contribution in [0.25, 0.3) is 0 Å². The lowest BCUT2D eigenvalue weighted by molar-refractivity contribution is -0.135. The Labute approximate surface area is 143 Å². The Hall–Kier alpha value is -1.92. The summed E-state index contributed by atoms with van der Waals surface area (Å²) in [6.07, 6.45) is 2.23. The highest BCUT2D eigenvalue weighted by atomic mass is 16.2. The number of carbonyl (C=O) groups excluding carboxylic acids is 2. The normalized spacial score (nSPS) is 20.2. The monoisotopic (exact) mass is 330 g/mol. The third-order valence-electron chi connectivity index (χ3n) is 4.93. The van der Waals surface area contributed by atoms with Crippen LogP contribution in [0, 0.1) is 0 Å². The minimum Gasteiger partial charge on any atom is -0.342 e. The minimum atomic E-state index is -0.607. The van der Waals surface area contributed by atoms with Gasteiger partial charge in [-0.15, -0.1) is 0 Å². The van der Waals surface area contributed by atoms with E-state index in [0.29, 0.717) is 19.6 Å². The average molecular weight is 330 g/mol. The molecule has 0 saturated carbocycles. The van der Waals surface area contributed by atoms with Crippen LogP contribution >= 0.6 is 0 Å². The summed E-state index contributed by atoms with van der Waals surface area (Å²) >= 11 is 0. The smallest absolute Gasteiger partial charge is 0.244 e. The van der Waals surface area contributed by atoms with E-state index in [1.807, 2.05) is 40.1 Å². The van der Waals surface area contributed by atoms with Crippen LogP contribution in [-0.2, 0) is 9.59 Å². The third-order valence-corrected chi connectivity index (χ3v) is 4.93. The van der Waals surface area contributed by atoms with Crippen molar-refractivity contribution in [2.75, 3.05) is 45.8 Å². The molecule has 2 amide bonds. The number of hydrogen-bond acceptors (Lipinski definition) is 4. The molecule has 0 bridgehead atoms. The van der Waals surface area contributed by atoms with Gasteiger partial charge in [0.05, 0.1) is 6.54 Å². The van der Waals surface area contributed by atoms with E-state index in [1.54, 1.807) is 0 Å². The summed E-state index contributed by atoms with van der Waals surface area (Å²) in [6, 6.07) is 8.86. The van der Waals surface area contributed by atoms with Gasteiger partial charge in [-0.05, 0) is 18.4 Å². The van der Waals surface area contributed by atoms with Crippen molar-refractivity contribution in [2.24, 2.45) is 5.73 Å². The maximum absolute atomic E-state index is 12.5. The number of likely N-dealkylation sites (tertiary alicyclic amines) is 1. The Kier molecular flexibility index (Phi) is 5.48. The molecule has 0 aliphatic carbocycles. The summed E-state index contributed by atoms with van der Waals surface area (Å²) in [4.78, 5) is 30.6. The van der Waals surface area contributed by atoms with Gasteiger partial charge in [-0.25, -0.2) is 0 Å². The molecule has 1 unspecified atom stereocenters. The van der Waals surface area contributed by atoms with Crippen LogP contribution in [-0.4, -0.2) is 72.3 Å². The first-order valence-corrected chi connectivity index (χ1v) is 8.74. The molecule has 2 aliphatic rings. The number of rotatable bonds is 4. The predicted molar refractivity (Wildman–Crippen MR) is 92.2 cm³/mol. The standard InChI is InChI=1S/C18H26N4O2/c19-17(15-6-2-1-3-7-15)18(24)22-12-10-20(11-13-22)14-16(23)21-8-4-5-9-21/h1-3,6-7,17H,4-5,8-14,19H2. The van der Waals surface area contributed by atoms with Gasteiger partial charge in [-0.1, -0.05) is 30.3 Å². The Morgan fingerprint density at radius 1 is 0.917 bits per heavy atom. The van der Waals surface area contributed by atoms with Gasteiger partial charge in [0.1, 0.15) is 6.04 Å². The van der Waals surface area contributed by atoms with Gasteiger partial charge in [0.15, 0.2) is 0 Å². The Balaban J connectivity index is 1.47. The highest BCUT2D eigenvalue weighted by molar-refractivity contribution is 5.83. The fourth-order valence-corrected chi connectivity index (χ4v) is 3.38. The van der Waals surface area contributed by atoms with E-state index in [-0.39, 0.29) is 11.8 Å². The lowest BCUT2D eigenvalue weighted by Crippen LogP contribution is -2.53. The average Bonchev–Trinajstić information content (AvgIpc) is 3.17. The molecule has 24 heavy (non-hydrogen) atoms. The van der Waals surface area contributed by atoms with Gasteiger partial charge in [0.25, 0.3) is 0 Å². The number of nitrogens with two attached hydrogens (primary N) is 1. The van der Waals surface area contributed by atoms with Crippen LogP contribution in [0.3, 0.4) is 0 Å². The van der Waals surface area contributed by atoms with Gasteiger partial charge in [0.2, 0.25) is 11.8 Å². The molecule has 1 aromatic carbocycles. The first kappa shape index (κ1) is 16.9. The lowest BCUT2D eigenvalue weighted by atomic mass is 10.1. The van der Waals surface area contributed by atoms with Crippen molar-refractivity contribution in [1.82, 2.24) is 14.7 Å². The first-order chi connectivity index (χ1) is 11.6. The maximum Gasteiger partial charge on any atom is 0.244 e. The van der Waals surface area contributed by atoms with E-state index >= 15 is 0 Å². The lowest BCUT2D eigenvalue weighted by Gasteiger charge is -2.36. The SMILES string of the molecule is NC(C(=O)N1CCN(CC(=O)N2CCCC2)CC1)c1ccccc1. The van der Waals surface area contributed by atoms with E-state index in [4.69, 9.17) is 5.73 Å². The highest BCUT2D eigenvalue weighted by Crippen LogP contribution is 2.15. The fourth-order valence-electron chi connectivity index (χ4n) is 3.38. The second-order valence-electron chi connectivity index (χ2n) is 6.58. The number of nitrogens with zero attached hydrogens (tertiary/aromatic N) is 3. The molecule has 6 heteroatoms. The zero-order valence-corrected chi connectivity index (χ0v) is 14.1. The predicted octanol–water partition coefficient (Wildman–Crippen LogP) is 0.453. The molecule has 2 heterocycles. The maximum atomic E-state index is 12.5. The molecule has 2 saturated heterocycles. The Morgan fingerprint density at radius 2 is 1.54 bits per heavy atom. The van der Waals surface area contributed by atoms with Crippen molar-refractivity contribution >= 4 is 11.8 Å². The molecular formula is C18H26N4O2. The van der Waals surface area contributed by atoms with Crippen molar-refractivity contribution < 1.29 is 9.59 Å². The van der Waals surface area contributed by atoms with Gasteiger partial charge >= 0.3 is 0 Å². The molecule has 0 radical (unpaired) electrons. The molecule has 1 aromatic rings. The number of amides is 2. The summed E-state index contributed by atoms with van der Waals surface area (Å²) in [5.41, 5.74) is 6.94. The van der Waals surface area contributed by atoms with Gasteiger partial charge in [0, 0.05) is 39.3 Å². The summed E-state index contributed by atoms with van der Waals surface area (Å²) in [5.74, 6) is 0.181. The molecule has 0 aromatic heterocycles. The largest absolute Gasteiger partial charge is 0.342 e. The molecule has 0 spiro atoms. The molecule has 1 atom stereocenters. The van der Waals surface area contributed by atoms with Crippen LogP contribution < -0.4 is 5.73 Å². The van der Waals surface area contributed by atoms with Crippen molar-refractivity contribution in [3.8, 4) is 0 Å². The van der Waals surface area contributed by atoms with E-state index < -0.39 is 6.04 Å². The minimum absolute atomic E-state index is 0.0354. The van der Waals surface area contributed by atoms with Crippen LogP contribution in [0.4, 0.5) is 0 Å². The van der Waals surface area contributed by atoms with E-state index in [1.165, 1.54) is 0 Å². The number of piperazine rings is 1. The third kappa shape index (κ3) is 3.94. The molecular weight excluding hydrogens is 304 g/mol. The first-order valence-electron chi connectivity index (χ1n) is 8.74. The van der Waals surface area contributed by atoms with Crippen molar-refractivity contribution in [3.63, 3.8) is 0 Å². The number of benzene rings is 1. The second-order valence-corrected chi connectivity index (χ2v) is 6.58. The summed E-state index contributed by atoms with van der Waals surface area (Å²) < 4.78 is 0. The molecule has 130 valence electrons. The number of hydrogen-bond donors (Lipinski definition) is 1. The fraction of sp³-hybridized carbons (Fsp3) is 0.556. The van der Waals surface area contributed by atoms with Gasteiger partial charge in [-0.3, -0.25) is 14.5 Å². The Morgan fingerprint density at radius 3 is 2.17 bits per heavy atom. The van der Waals surface area contributed by atoms with Crippen molar-refractivity contribution in [3.05, 3.63) is 35.9 Å². The number of carbonyl (C=O) groups is 2. The topological polar surface area (TPSA) is 69.9 Å². The molecule has 3 rings (SSSR count).